The largest absolute Gasteiger partial charge is 0.375 e. The predicted molar refractivity (Wildman–Crippen MR) is 68.2 cm³/mol. The number of rotatable bonds is 2. The van der Waals surface area contributed by atoms with Gasteiger partial charge in [-0.2, -0.15) is 0 Å². The van der Waals surface area contributed by atoms with E-state index in [2.05, 4.69) is 40.0 Å². The van der Waals surface area contributed by atoms with Gasteiger partial charge in [-0.05, 0) is 24.6 Å². The molecule has 0 unspecified atom stereocenters. The number of benzene rings is 1. The van der Waals surface area contributed by atoms with Gasteiger partial charge in [0.1, 0.15) is 0 Å². The zero-order valence-electron chi connectivity index (χ0n) is 8.33. The Hall–Kier alpha value is -0.870. The average Bonchev–Trinajstić information content (AvgIpc) is 2.45. The minimum atomic E-state index is 0.650. The highest BCUT2D eigenvalue weighted by atomic mass is 79.9. The van der Waals surface area contributed by atoms with Crippen molar-refractivity contribution in [2.75, 3.05) is 5.73 Å². The summed E-state index contributed by atoms with van der Waals surface area (Å²) < 4.78 is 1.10. The smallest absolute Gasteiger partial charge is 0.180 e. The van der Waals surface area contributed by atoms with Crippen LogP contribution in [0.3, 0.4) is 0 Å². The summed E-state index contributed by atoms with van der Waals surface area (Å²) >= 11 is 5.00. The summed E-state index contributed by atoms with van der Waals surface area (Å²) in [6, 6.07) is 8.25. The van der Waals surface area contributed by atoms with Crippen molar-refractivity contribution < 1.29 is 0 Å². The summed E-state index contributed by atoms with van der Waals surface area (Å²) in [5, 5.41) is 0.650. The molecule has 1 aromatic carbocycles. The number of nitrogen functional groups attached to an aromatic ring is 1. The topological polar surface area (TPSA) is 38.9 Å². The van der Waals surface area contributed by atoms with Gasteiger partial charge in [-0.3, -0.25) is 0 Å². The molecule has 0 bridgehead atoms. The van der Waals surface area contributed by atoms with Gasteiger partial charge in [0.25, 0.3) is 0 Å². The number of nitrogens with zero attached hydrogens (tertiary/aromatic N) is 1. The second-order valence-corrected chi connectivity index (χ2v) is 5.51. The van der Waals surface area contributed by atoms with Crippen molar-refractivity contribution in [3.05, 3.63) is 44.9 Å². The number of aromatic nitrogens is 1. The molecule has 0 atom stereocenters. The van der Waals surface area contributed by atoms with Crippen LogP contribution in [0.1, 0.15) is 16.1 Å². The molecule has 2 nitrogen and oxygen atoms in total. The maximum atomic E-state index is 5.66. The van der Waals surface area contributed by atoms with Crippen LogP contribution in [-0.2, 0) is 6.42 Å². The quantitative estimate of drug-likeness (QED) is 0.917. The first-order valence-electron chi connectivity index (χ1n) is 4.61. The van der Waals surface area contributed by atoms with E-state index in [9.17, 15) is 0 Å². The van der Waals surface area contributed by atoms with E-state index in [1.807, 2.05) is 12.1 Å². The van der Waals surface area contributed by atoms with Crippen molar-refractivity contribution in [1.82, 2.24) is 4.98 Å². The van der Waals surface area contributed by atoms with Gasteiger partial charge >= 0.3 is 0 Å². The molecule has 0 aliphatic heterocycles. The van der Waals surface area contributed by atoms with Crippen LogP contribution >= 0.6 is 27.3 Å². The Bertz CT molecular complexity index is 479. The molecule has 0 spiro atoms. The Morgan fingerprint density at radius 2 is 2.27 bits per heavy atom. The van der Waals surface area contributed by atoms with E-state index < -0.39 is 0 Å². The Morgan fingerprint density at radius 1 is 1.47 bits per heavy atom. The first-order chi connectivity index (χ1) is 7.15. The van der Waals surface area contributed by atoms with Crippen LogP contribution in [0.25, 0.3) is 0 Å². The molecule has 0 radical (unpaired) electrons. The van der Waals surface area contributed by atoms with E-state index in [0.29, 0.717) is 5.13 Å². The number of aryl methyl sites for hydroxylation is 1. The minimum Gasteiger partial charge on any atom is -0.375 e. The number of hydrogen-bond acceptors (Lipinski definition) is 3. The molecule has 15 heavy (non-hydrogen) atoms. The number of anilines is 1. The van der Waals surface area contributed by atoms with Crippen molar-refractivity contribution in [3.8, 4) is 0 Å². The highest BCUT2D eigenvalue weighted by Crippen LogP contribution is 2.22. The van der Waals surface area contributed by atoms with Gasteiger partial charge in [0.15, 0.2) is 5.13 Å². The molecule has 2 rings (SSSR count). The number of hydrogen-bond donors (Lipinski definition) is 1. The van der Waals surface area contributed by atoms with Gasteiger partial charge in [-0.15, -0.1) is 11.3 Å². The van der Waals surface area contributed by atoms with E-state index in [1.165, 1.54) is 10.4 Å². The molecule has 2 N–H and O–H groups in total. The zero-order chi connectivity index (χ0) is 10.8. The maximum absolute atomic E-state index is 5.66. The van der Waals surface area contributed by atoms with Gasteiger partial charge in [0.05, 0.1) is 5.69 Å². The molecule has 0 saturated heterocycles. The van der Waals surface area contributed by atoms with E-state index in [1.54, 1.807) is 11.3 Å². The standard InChI is InChI=1S/C11H11BrN2S/c1-7-10(14-11(13)15-7)6-8-3-2-4-9(12)5-8/h2-5H,6H2,1H3,(H2,13,14). The lowest BCUT2D eigenvalue weighted by Crippen LogP contribution is -1.91. The van der Waals surface area contributed by atoms with Crippen molar-refractivity contribution in [2.45, 2.75) is 13.3 Å². The first kappa shape index (κ1) is 10.6. The third-order valence-electron chi connectivity index (χ3n) is 2.17. The molecule has 1 aromatic heterocycles. The molecule has 0 aliphatic rings. The van der Waals surface area contributed by atoms with Crippen molar-refractivity contribution in [3.63, 3.8) is 0 Å². The molecule has 0 amide bonds. The molecular weight excluding hydrogens is 272 g/mol. The van der Waals surface area contributed by atoms with E-state index in [-0.39, 0.29) is 0 Å². The maximum Gasteiger partial charge on any atom is 0.180 e. The third-order valence-corrected chi connectivity index (χ3v) is 3.51. The van der Waals surface area contributed by atoms with Gasteiger partial charge in [0.2, 0.25) is 0 Å². The number of halogens is 1. The summed E-state index contributed by atoms with van der Waals surface area (Å²) in [6.07, 6.45) is 0.846. The highest BCUT2D eigenvalue weighted by molar-refractivity contribution is 9.10. The second-order valence-electron chi connectivity index (χ2n) is 3.36. The summed E-state index contributed by atoms with van der Waals surface area (Å²) in [5.41, 5.74) is 7.99. The minimum absolute atomic E-state index is 0.650. The van der Waals surface area contributed by atoms with Gasteiger partial charge in [-0.1, -0.05) is 28.1 Å². The molecular formula is C11H11BrN2S. The molecule has 0 fully saturated rings. The lowest BCUT2D eigenvalue weighted by Gasteiger charge is -2.00. The number of thiazole rings is 1. The van der Waals surface area contributed by atoms with Crippen LogP contribution in [-0.4, -0.2) is 4.98 Å². The van der Waals surface area contributed by atoms with Crippen LogP contribution < -0.4 is 5.73 Å². The van der Waals surface area contributed by atoms with E-state index in [0.717, 1.165) is 16.6 Å². The fourth-order valence-corrected chi connectivity index (χ4v) is 2.61. The third kappa shape index (κ3) is 2.58. The Balaban J connectivity index is 2.25. The van der Waals surface area contributed by atoms with Crippen molar-refractivity contribution in [1.29, 1.82) is 0 Å². The summed E-state index contributed by atoms with van der Waals surface area (Å²) in [6.45, 7) is 2.06. The molecule has 4 heteroatoms. The molecule has 2 aromatic rings. The SMILES string of the molecule is Cc1sc(N)nc1Cc1cccc(Br)c1. The van der Waals surface area contributed by atoms with Crippen LogP contribution in [0.5, 0.6) is 0 Å². The Morgan fingerprint density at radius 3 is 2.87 bits per heavy atom. The van der Waals surface area contributed by atoms with E-state index >= 15 is 0 Å². The van der Waals surface area contributed by atoms with Crippen molar-refractivity contribution in [2.24, 2.45) is 0 Å². The molecule has 0 saturated carbocycles. The van der Waals surface area contributed by atoms with Crippen LogP contribution in [0, 0.1) is 6.92 Å². The lowest BCUT2D eigenvalue weighted by molar-refractivity contribution is 1.09. The van der Waals surface area contributed by atoms with Crippen molar-refractivity contribution >= 4 is 32.4 Å². The molecule has 78 valence electrons. The number of nitrogens with two attached hydrogens (primary N) is 1. The van der Waals surface area contributed by atoms with Gasteiger partial charge in [-0.25, -0.2) is 4.98 Å². The monoisotopic (exact) mass is 282 g/mol. The fraction of sp³-hybridized carbons (Fsp3) is 0.182. The van der Waals surface area contributed by atoms with Gasteiger partial charge < -0.3 is 5.73 Å². The average molecular weight is 283 g/mol. The fourth-order valence-electron chi connectivity index (χ4n) is 1.45. The lowest BCUT2D eigenvalue weighted by atomic mass is 10.1. The Labute approximate surface area is 101 Å². The van der Waals surface area contributed by atoms with Crippen LogP contribution in [0.4, 0.5) is 5.13 Å². The Kier molecular flexibility index (Phi) is 3.07. The predicted octanol–water partition coefficient (Wildman–Crippen LogP) is 3.39. The normalized spacial score (nSPS) is 10.5. The second kappa shape index (κ2) is 4.33. The van der Waals surface area contributed by atoms with E-state index in [4.69, 9.17) is 5.73 Å². The molecule has 0 aliphatic carbocycles. The summed E-state index contributed by atoms with van der Waals surface area (Å²) in [4.78, 5) is 5.52. The highest BCUT2D eigenvalue weighted by Gasteiger charge is 2.06. The van der Waals surface area contributed by atoms with Gasteiger partial charge in [0, 0.05) is 15.8 Å². The summed E-state index contributed by atoms with van der Waals surface area (Å²) in [7, 11) is 0. The van der Waals surface area contributed by atoms with Crippen LogP contribution in [0.2, 0.25) is 0 Å². The summed E-state index contributed by atoms with van der Waals surface area (Å²) in [5.74, 6) is 0. The first-order valence-corrected chi connectivity index (χ1v) is 6.22. The molecule has 1 heterocycles. The zero-order valence-corrected chi connectivity index (χ0v) is 10.7. The van der Waals surface area contributed by atoms with Crippen LogP contribution in [0.15, 0.2) is 28.7 Å².